The lowest BCUT2D eigenvalue weighted by Crippen LogP contribution is -2.14. The van der Waals surface area contributed by atoms with Gasteiger partial charge in [-0.1, -0.05) is 17.7 Å². The van der Waals surface area contributed by atoms with Crippen molar-refractivity contribution in [3.05, 3.63) is 88.7 Å². The predicted molar refractivity (Wildman–Crippen MR) is 122 cm³/mol. The van der Waals surface area contributed by atoms with Crippen molar-refractivity contribution in [3.63, 3.8) is 0 Å². The van der Waals surface area contributed by atoms with E-state index in [9.17, 15) is 4.79 Å². The first-order valence-corrected chi connectivity index (χ1v) is 10.1. The number of rotatable bonds is 5. The van der Waals surface area contributed by atoms with Crippen LogP contribution in [0.4, 0.5) is 5.69 Å². The number of nitrogens with zero attached hydrogens (tertiary/aromatic N) is 3. The molecule has 0 aliphatic rings. The number of halogens is 1. The molecule has 3 aromatic carbocycles. The van der Waals surface area contributed by atoms with E-state index in [1.54, 1.807) is 48.2 Å². The molecule has 0 aliphatic carbocycles. The summed E-state index contributed by atoms with van der Waals surface area (Å²) < 4.78 is 6.83. The fourth-order valence-corrected chi connectivity index (χ4v) is 3.22. The van der Waals surface area contributed by atoms with Gasteiger partial charge in [0.15, 0.2) is 5.82 Å². The van der Waals surface area contributed by atoms with Crippen molar-refractivity contribution in [2.24, 2.45) is 0 Å². The fourth-order valence-electron chi connectivity index (χ4n) is 3.09. The van der Waals surface area contributed by atoms with E-state index in [1.807, 2.05) is 44.2 Å². The average Bonchev–Trinajstić information content (AvgIpc) is 3.22. The predicted octanol–water partition coefficient (Wildman–Crippen LogP) is 5.47. The van der Waals surface area contributed by atoms with E-state index in [0.29, 0.717) is 22.3 Å². The maximum Gasteiger partial charge on any atom is 0.295 e. The van der Waals surface area contributed by atoms with Gasteiger partial charge in [-0.3, -0.25) is 4.79 Å². The Kier molecular flexibility index (Phi) is 5.73. The summed E-state index contributed by atoms with van der Waals surface area (Å²) in [6, 6.07) is 20.4. The maximum absolute atomic E-state index is 12.9. The monoisotopic (exact) mass is 432 g/mol. The second-order valence-corrected chi connectivity index (χ2v) is 7.57. The lowest BCUT2D eigenvalue weighted by Gasteiger charge is -2.08. The lowest BCUT2D eigenvalue weighted by molar-refractivity contribution is 0.101. The number of aromatic nitrogens is 3. The molecule has 1 heterocycles. The highest BCUT2D eigenvalue weighted by Gasteiger charge is 2.19. The van der Waals surface area contributed by atoms with E-state index in [-0.39, 0.29) is 5.82 Å². The Balaban J connectivity index is 1.73. The number of carbonyl (C=O) groups is 1. The molecule has 0 atom stereocenters. The zero-order chi connectivity index (χ0) is 22.0. The van der Waals surface area contributed by atoms with E-state index >= 15 is 0 Å². The van der Waals surface area contributed by atoms with Gasteiger partial charge in [-0.05, 0) is 85.6 Å². The smallest absolute Gasteiger partial charge is 0.295 e. The molecule has 0 saturated heterocycles. The molecule has 0 unspecified atom stereocenters. The summed E-state index contributed by atoms with van der Waals surface area (Å²) >= 11 is 6.05. The Bertz CT molecular complexity index is 1230. The molecule has 0 radical (unpaired) electrons. The van der Waals surface area contributed by atoms with Gasteiger partial charge in [0.05, 0.1) is 12.8 Å². The van der Waals surface area contributed by atoms with E-state index in [4.69, 9.17) is 16.3 Å². The summed E-state index contributed by atoms with van der Waals surface area (Å²) in [5, 5.41) is 7.97. The lowest BCUT2D eigenvalue weighted by atomic mass is 10.1. The summed E-state index contributed by atoms with van der Waals surface area (Å²) in [7, 11) is 1.59. The maximum atomic E-state index is 12.9. The van der Waals surface area contributed by atoms with Crippen molar-refractivity contribution in [2.75, 3.05) is 12.4 Å². The van der Waals surface area contributed by atoms with Crippen LogP contribution >= 0.6 is 11.6 Å². The summed E-state index contributed by atoms with van der Waals surface area (Å²) in [6.07, 6.45) is 0. The van der Waals surface area contributed by atoms with Gasteiger partial charge in [-0.15, -0.1) is 5.10 Å². The fraction of sp³-hybridized carbons (Fsp3) is 0.125. The molecule has 4 aromatic rings. The number of hydrogen-bond acceptors (Lipinski definition) is 4. The largest absolute Gasteiger partial charge is 0.497 e. The van der Waals surface area contributed by atoms with Gasteiger partial charge in [0, 0.05) is 16.3 Å². The van der Waals surface area contributed by atoms with Gasteiger partial charge < -0.3 is 10.1 Å². The normalized spacial score (nSPS) is 10.7. The van der Waals surface area contributed by atoms with Crippen molar-refractivity contribution in [2.45, 2.75) is 13.8 Å². The summed E-state index contributed by atoms with van der Waals surface area (Å²) in [5.41, 5.74) is 4.55. The number of ether oxygens (including phenoxy) is 1. The molecular weight excluding hydrogens is 412 g/mol. The van der Waals surface area contributed by atoms with E-state index in [1.165, 1.54) is 5.56 Å². The number of aryl methyl sites for hydroxylation is 2. The summed E-state index contributed by atoms with van der Waals surface area (Å²) in [4.78, 5) is 17.4. The minimum Gasteiger partial charge on any atom is -0.497 e. The van der Waals surface area contributed by atoms with Crippen LogP contribution in [0, 0.1) is 13.8 Å². The number of anilines is 1. The molecule has 1 N–H and O–H groups in total. The van der Waals surface area contributed by atoms with Gasteiger partial charge in [-0.2, -0.15) is 0 Å². The molecule has 0 saturated carbocycles. The van der Waals surface area contributed by atoms with Crippen LogP contribution in [0.2, 0.25) is 5.02 Å². The Hall–Kier alpha value is -3.64. The molecule has 0 fully saturated rings. The molecule has 1 amide bonds. The molecule has 0 bridgehead atoms. The minimum atomic E-state index is -0.400. The second-order valence-electron chi connectivity index (χ2n) is 7.13. The first-order chi connectivity index (χ1) is 14.9. The third-order valence-electron chi connectivity index (χ3n) is 5.00. The van der Waals surface area contributed by atoms with Crippen LogP contribution in [0.25, 0.3) is 17.1 Å². The van der Waals surface area contributed by atoms with Crippen LogP contribution < -0.4 is 10.1 Å². The molecule has 7 heteroatoms. The zero-order valence-electron chi connectivity index (χ0n) is 17.4. The number of amides is 1. The molecule has 4 rings (SSSR count). The van der Waals surface area contributed by atoms with Crippen LogP contribution in [0.5, 0.6) is 5.75 Å². The molecule has 1 aromatic heterocycles. The van der Waals surface area contributed by atoms with Gasteiger partial charge in [0.25, 0.3) is 5.91 Å². The quantitative estimate of drug-likeness (QED) is 0.454. The van der Waals surface area contributed by atoms with Crippen LogP contribution in [0.1, 0.15) is 21.7 Å². The van der Waals surface area contributed by atoms with Crippen molar-refractivity contribution in [1.29, 1.82) is 0 Å². The van der Waals surface area contributed by atoms with Crippen LogP contribution in [-0.2, 0) is 0 Å². The van der Waals surface area contributed by atoms with Crippen LogP contribution in [0.3, 0.4) is 0 Å². The number of methoxy groups -OCH3 is 1. The highest BCUT2D eigenvalue weighted by atomic mass is 35.5. The second kappa shape index (κ2) is 8.62. The average molecular weight is 433 g/mol. The molecule has 0 aliphatic heterocycles. The Morgan fingerprint density at radius 3 is 2.32 bits per heavy atom. The SMILES string of the molecule is COc1ccc(NC(=O)c2nc(-c3ccc(Cl)cc3)n(-c3ccc(C)c(C)c3)n2)cc1. The molecule has 0 spiro atoms. The van der Waals surface area contributed by atoms with Crippen LogP contribution in [-0.4, -0.2) is 27.8 Å². The third kappa shape index (κ3) is 4.44. The third-order valence-corrected chi connectivity index (χ3v) is 5.25. The Morgan fingerprint density at radius 1 is 0.968 bits per heavy atom. The van der Waals surface area contributed by atoms with Crippen molar-refractivity contribution in [3.8, 4) is 22.8 Å². The number of benzene rings is 3. The number of carbonyl (C=O) groups excluding carboxylic acids is 1. The molecule has 156 valence electrons. The minimum absolute atomic E-state index is 0.0685. The molecule has 6 nitrogen and oxygen atoms in total. The van der Waals surface area contributed by atoms with Gasteiger partial charge in [0.2, 0.25) is 5.82 Å². The van der Waals surface area contributed by atoms with Gasteiger partial charge >= 0.3 is 0 Å². The first-order valence-electron chi connectivity index (χ1n) is 9.70. The topological polar surface area (TPSA) is 69.0 Å². The van der Waals surface area contributed by atoms with Crippen LogP contribution in [0.15, 0.2) is 66.7 Å². The standard InChI is InChI=1S/C24H21ClN4O2/c1-15-4-11-20(14-16(15)2)29-23(17-5-7-18(25)8-6-17)27-22(28-29)24(30)26-19-9-12-21(31-3)13-10-19/h4-14H,1-3H3,(H,26,30). The van der Waals surface area contributed by atoms with E-state index in [2.05, 4.69) is 15.4 Å². The van der Waals surface area contributed by atoms with Crippen molar-refractivity contribution in [1.82, 2.24) is 14.8 Å². The van der Waals surface area contributed by atoms with E-state index < -0.39 is 5.91 Å². The van der Waals surface area contributed by atoms with Gasteiger partial charge in [0.1, 0.15) is 5.75 Å². The first kappa shape index (κ1) is 20.6. The van der Waals surface area contributed by atoms with Gasteiger partial charge in [-0.25, -0.2) is 9.67 Å². The van der Waals surface area contributed by atoms with E-state index in [0.717, 1.165) is 16.8 Å². The van der Waals surface area contributed by atoms with Crippen molar-refractivity contribution >= 4 is 23.2 Å². The number of hydrogen-bond donors (Lipinski definition) is 1. The Labute approximate surface area is 185 Å². The Morgan fingerprint density at radius 2 is 1.68 bits per heavy atom. The highest BCUT2D eigenvalue weighted by molar-refractivity contribution is 6.30. The summed E-state index contributed by atoms with van der Waals surface area (Å²) in [5.74, 6) is 0.932. The molecule has 31 heavy (non-hydrogen) atoms. The van der Waals surface area contributed by atoms with Crippen molar-refractivity contribution < 1.29 is 9.53 Å². The summed E-state index contributed by atoms with van der Waals surface area (Å²) in [6.45, 7) is 4.09. The molecular formula is C24H21ClN4O2. The highest BCUT2D eigenvalue weighted by Crippen LogP contribution is 2.25. The number of nitrogens with one attached hydrogen (secondary N) is 1. The zero-order valence-corrected chi connectivity index (χ0v) is 18.1.